The lowest BCUT2D eigenvalue weighted by atomic mass is 9.86. The molecule has 0 aliphatic rings. The van der Waals surface area contributed by atoms with Gasteiger partial charge < -0.3 is 15.3 Å². The van der Waals surface area contributed by atoms with Gasteiger partial charge in [0.25, 0.3) is 0 Å². The first-order chi connectivity index (χ1) is 15.9. The summed E-state index contributed by atoms with van der Waals surface area (Å²) in [7, 11) is 3.26. The maximum Gasteiger partial charge on any atom is 0.122 e. The molecule has 2 rings (SSSR count). The molecule has 0 amide bonds. The summed E-state index contributed by atoms with van der Waals surface area (Å²) in [6.07, 6.45) is 5.55. The predicted molar refractivity (Wildman–Crippen MR) is 151 cm³/mol. The Bertz CT molecular complexity index is 651. The van der Waals surface area contributed by atoms with Gasteiger partial charge in [0.05, 0.1) is 7.11 Å². The predicted octanol–water partition coefficient (Wildman–Crippen LogP) is 8.88. The molecule has 2 N–H and O–H groups in total. The fourth-order valence-corrected chi connectivity index (χ4v) is 2.80. The fourth-order valence-electron chi connectivity index (χ4n) is 2.80. The van der Waals surface area contributed by atoms with Gasteiger partial charge in [-0.3, -0.25) is 0 Å². The number of carbonyl (C=O) groups is 1. The molecule has 33 heavy (non-hydrogen) atoms. The van der Waals surface area contributed by atoms with Gasteiger partial charge in [-0.1, -0.05) is 115 Å². The molecule has 0 aromatic heterocycles. The van der Waals surface area contributed by atoms with Crippen LogP contribution in [0.3, 0.4) is 0 Å². The van der Waals surface area contributed by atoms with Crippen LogP contribution in [0.25, 0.3) is 0 Å². The van der Waals surface area contributed by atoms with E-state index in [0.29, 0.717) is 5.92 Å². The van der Waals surface area contributed by atoms with Crippen molar-refractivity contribution in [2.75, 3.05) is 14.2 Å². The van der Waals surface area contributed by atoms with Crippen molar-refractivity contribution in [1.29, 1.82) is 0 Å². The van der Waals surface area contributed by atoms with Crippen molar-refractivity contribution >= 4 is 6.29 Å². The summed E-state index contributed by atoms with van der Waals surface area (Å²) in [5, 5.41) is 0. The average molecular weight is 462 g/mol. The normalized spacial score (nSPS) is 9.24. The van der Waals surface area contributed by atoms with E-state index in [1.165, 1.54) is 49.1 Å². The van der Waals surface area contributed by atoms with Crippen molar-refractivity contribution in [3.63, 3.8) is 0 Å². The van der Waals surface area contributed by atoms with E-state index < -0.39 is 0 Å². The standard InChI is InChI=1S/C19H24O.2C3H8.C2H4O.C2H6.CH5N/c1-5-7-17(16-9-6-8-14(2)12-16)18-13-15(3)10-11-19(18)20-4;2*1-3-2;1-2-3;2*1-2/h6,8-13,17H,5,7H2,1-4H3;2*3H2,1-2H3;2H,1H3;1-2H3;2H2,1H3. The van der Waals surface area contributed by atoms with Crippen LogP contribution in [0.5, 0.6) is 5.75 Å². The van der Waals surface area contributed by atoms with Crippen LogP contribution in [-0.4, -0.2) is 20.4 Å². The van der Waals surface area contributed by atoms with Gasteiger partial charge in [-0.15, -0.1) is 0 Å². The van der Waals surface area contributed by atoms with Crippen LogP contribution in [-0.2, 0) is 4.79 Å². The molecule has 192 valence electrons. The highest BCUT2D eigenvalue weighted by Gasteiger charge is 2.17. The Hall–Kier alpha value is -2.13. The second-order valence-corrected chi connectivity index (χ2v) is 7.15. The topological polar surface area (TPSA) is 52.3 Å². The lowest BCUT2D eigenvalue weighted by Gasteiger charge is -2.21. The molecule has 1 unspecified atom stereocenters. The lowest BCUT2D eigenvalue weighted by Crippen LogP contribution is -2.04. The molecule has 0 saturated heterocycles. The zero-order chi connectivity index (χ0) is 26.7. The summed E-state index contributed by atoms with van der Waals surface area (Å²) >= 11 is 0. The Kier molecular flexibility index (Phi) is 34.5. The van der Waals surface area contributed by atoms with E-state index in [2.05, 4.69) is 96.7 Å². The van der Waals surface area contributed by atoms with E-state index in [4.69, 9.17) is 9.53 Å². The third-order valence-electron chi connectivity index (χ3n) is 3.78. The second-order valence-electron chi connectivity index (χ2n) is 7.15. The summed E-state index contributed by atoms with van der Waals surface area (Å²) in [5.74, 6) is 1.41. The van der Waals surface area contributed by atoms with Crippen LogP contribution in [0.15, 0.2) is 42.5 Å². The molecule has 3 nitrogen and oxygen atoms in total. The van der Waals surface area contributed by atoms with E-state index in [1.54, 1.807) is 7.11 Å². The SMILES string of the molecule is CC.CC=O.CCC.CCC.CCCC(c1cccc(C)c1)c1cc(C)ccc1OC.CN. The summed E-state index contributed by atoms with van der Waals surface area (Å²) in [4.78, 5) is 8.81. The number of ether oxygens (including phenoxy) is 1. The summed E-state index contributed by atoms with van der Waals surface area (Å²) in [6, 6.07) is 15.3. The minimum absolute atomic E-state index is 0.412. The van der Waals surface area contributed by atoms with Crippen molar-refractivity contribution in [2.45, 2.75) is 101 Å². The van der Waals surface area contributed by atoms with Gasteiger partial charge >= 0.3 is 0 Å². The van der Waals surface area contributed by atoms with Crippen molar-refractivity contribution in [3.8, 4) is 5.75 Å². The van der Waals surface area contributed by atoms with Crippen LogP contribution >= 0.6 is 0 Å². The van der Waals surface area contributed by atoms with Crippen LogP contribution in [0.2, 0.25) is 0 Å². The summed E-state index contributed by atoms with van der Waals surface area (Å²) in [6.45, 7) is 20.5. The van der Waals surface area contributed by atoms with E-state index in [9.17, 15) is 0 Å². The first-order valence-electron chi connectivity index (χ1n) is 12.6. The number of nitrogens with two attached hydrogens (primary N) is 1. The highest BCUT2D eigenvalue weighted by molar-refractivity contribution is 5.45. The van der Waals surface area contributed by atoms with E-state index in [1.807, 2.05) is 13.8 Å². The molecule has 2 aromatic carbocycles. The number of methoxy groups -OCH3 is 1. The molecule has 0 saturated carbocycles. The Morgan fingerprint density at radius 2 is 1.33 bits per heavy atom. The first kappa shape index (κ1) is 38.1. The number of hydrogen-bond acceptors (Lipinski definition) is 3. The van der Waals surface area contributed by atoms with Crippen molar-refractivity contribution in [1.82, 2.24) is 0 Å². The smallest absolute Gasteiger partial charge is 0.122 e. The number of hydrogen-bond donors (Lipinski definition) is 1. The Balaban J connectivity index is -0.000000273. The largest absolute Gasteiger partial charge is 0.496 e. The molecule has 2 aromatic rings. The van der Waals surface area contributed by atoms with Crippen molar-refractivity contribution in [3.05, 3.63) is 64.7 Å². The minimum Gasteiger partial charge on any atom is -0.496 e. The van der Waals surface area contributed by atoms with E-state index in [-0.39, 0.29) is 0 Å². The maximum absolute atomic E-state index is 8.81. The Morgan fingerprint density at radius 1 is 0.879 bits per heavy atom. The molecule has 0 radical (unpaired) electrons. The second kappa shape index (κ2) is 29.9. The highest BCUT2D eigenvalue weighted by atomic mass is 16.5. The van der Waals surface area contributed by atoms with E-state index in [0.717, 1.165) is 24.9 Å². The monoisotopic (exact) mass is 461 g/mol. The Morgan fingerprint density at radius 3 is 1.73 bits per heavy atom. The molecule has 0 bridgehead atoms. The van der Waals surface area contributed by atoms with Gasteiger partial charge in [0, 0.05) is 11.5 Å². The lowest BCUT2D eigenvalue weighted by molar-refractivity contribution is -0.106. The zero-order valence-electron chi connectivity index (χ0n) is 23.9. The third-order valence-corrected chi connectivity index (χ3v) is 3.78. The fraction of sp³-hybridized carbons (Fsp3) is 0.567. The van der Waals surface area contributed by atoms with Crippen LogP contribution < -0.4 is 10.5 Å². The minimum atomic E-state index is 0.412. The van der Waals surface area contributed by atoms with Crippen LogP contribution in [0, 0.1) is 13.8 Å². The molecule has 0 spiro atoms. The quantitative estimate of drug-likeness (QED) is 0.452. The molecular weight excluding hydrogens is 406 g/mol. The molecule has 0 aliphatic carbocycles. The summed E-state index contributed by atoms with van der Waals surface area (Å²) in [5.41, 5.74) is 9.79. The number of carbonyl (C=O) groups excluding carboxylic acids is 1. The molecule has 1 atom stereocenters. The van der Waals surface area contributed by atoms with Gasteiger partial charge in [-0.25, -0.2) is 0 Å². The van der Waals surface area contributed by atoms with Crippen LogP contribution in [0.4, 0.5) is 0 Å². The van der Waals surface area contributed by atoms with Gasteiger partial charge in [-0.05, 0) is 45.9 Å². The van der Waals surface area contributed by atoms with Gasteiger partial charge in [0.1, 0.15) is 12.0 Å². The van der Waals surface area contributed by atoms with Gasteiger partial charge in [0.2, 0.25) is 0 Å². The highest BCUT2D eigenvalue weighted by Crippen LogP contribution is 2.36. The average Bonchev–Trinajstić information content (AvgIpc) is 2.82. The molecule has 0 fully saturated rings. The van der Waals surface area contributed by atoms with Gasteiger partial charge in [0.15, 0.2) is 0 Å². The maximum atomic E-state index is 8.81. The Labute approximate surface area is 207 Å². The summed E-state index contributed by atoms with van der Waals surface area (Å²) < 4.78 is 5.58. The van der Waals surface area contributed by atoms with Crippen molar-refractivity contribution < 1.29 is 9.53 Å². The molecular formula is C30H55NO2. The number of aldehydes is 1. The van der Waals surface area contributed by atoms with Gasteiger partial charge in [-0.2, -0.15) is 0 Å². The molecule has 0 heterocycles. The zero-order valence-corrected chi connectivity index (χ0v) is 23.9. The number of benzene rings is 2. The third kappa shape index (κ3) is 20.2. The number of rotatable bonds is 5. The molecule has 0 aliphatic heterocycles. The molecule has 3 heteroatoms. The number of aryl methyl sites for hydroxylation is 2. The first-order valence-corrected chi connectivity index (χ1v) is 12.6. The van der Waals surface area contributed by atoms with Crippen LogP contribution in [0.1, 0.15) is 109 Å². The van der Waals surface area contributed by atoms with Crippen molar-refractivity contribution in [2.24, 2.45) is 5.73 Å². The van der Waals surface area contributed by atoms with E-state index >= 15 is 0 Å².